The van der Waals surface area contributed by atoms with E-state index in [1.165, 1.54) is 50.2 Å². The first-order valence-electron chi connectivity index (χ1n) is 7.47. The van der Waals surface area contributed by atoms with Crippen molar-refractivity contribution < 1.29 is 18.7 Å². The monoisotopic (exact) mass is 392 g/mol. The molecule has 5 nitrogen and oxygen atoms in total. The van der Waals surface area contributed by atoms with Crippen LogP contribution in [0, 0.1) is 5.82 Å². The number of carbonyl (C=O) groups is 1. The van der Waals surface area contributed by atoms with Gasteiger partial charge in [-0.15, -0.1) is 0 Å². The third-order valence-corrected chi connectivity index (χ3v) is 4.60. The van der Waals surface area contributed by atoms with Gasteiger partial charge in [0, 0.05) is 16.7 Å². The van der Waals surface area contributed by atoms with Crippen LogP contribution in [0.2, 0.25) is 5.02 Å². The van der Waals surface area contributed by atoms with Gasteiger partial charge in [0.05, 0.1) is 24.8 Å². The maximum absolute atomic E-state index is 13.0. The van der Waals surface area contributed by atoms with E-state index in [1.54, 1.807) is 18.2 Å². The highest BCUT2D eigenvalue weighted by Crippen LogP contribution is 2.37. The summed E-state index contributed by atoms with van der Waals surface area (Å²) in [5.41, 5.74) is 1.15. The molecule has 1 amide bonds. The zero-order valence-electron chi connectivity index (χ0n) is 13.9. The summed E-state index contributed by atoms with van der Waals surface area (Å²) in [6.45, 7) is 0. The molecule has 0 saturated carbocycles. The molecule has 0 aliphatic carbocycles. The Morgan fingerprint density at radius 2 is 1.92 bits per heavy atom. The number of rotatable bonds is 4. The molecule has 3 rings (SSSR count). The summed E-state index contributed by atoms with van der Waals surface area (Å²) in [6.07, 6.45) is 1.65. The Balaban J connectivity index is 1.92. The number of thioether (sulfide) groups is 1. The van der Waals surface area contributed by atoms with Crippen molar-refractivity contribution >= 4 is 46.2 Å². The molecule has 1 aliphatic heterocycles. The molecule has 2 aromatic rings. The van der Waals surface area contributed by atoms with E-state index in [4.69, 9.17) is 21.1 Å². The molecule has 1 fully saturated rings. The molecule has 134 valence electrons. The minimum atomic E-state index is -0.348. The van der Waals surface area contributed by atoms with Crippen LogP contribution in [0.15, 0.2) is 46.3 Å². The smallest absolute Gasteiger partial charge is 0.264 e. The molecule has 1 heterocycles. The Morgan fingerprint density at radius 3 is 2.58 bits per heavy atom. The fraction of sp³-hybridized carbons (Fsp3) is 0.111. The minimum absolute atomic E-state index is 0.295. The fourth-order valence-corrected chi connectivity index (χ4v) is 3.37. The molecule has 1 N–H and O–H groups in total. The van der Waals surface area contributed by atoms with Crippen molar-refractivity contribution in [3.05, 3.63) is 57.7 Å². The molecule has 26 heavy (non-hydrogen) atoms. The number of hydrogen-bond acceptors (Lipinski definition) is 5. The maximum Gasteiger partial charge on any atom is 0.264 e. The topological polar surface area (TPSA) is 59.9 Å². The fourth-order valence-electron chi connectivity index (χ4n) is 2.32. The predicted molar refractivity (Wildman–Crippen MR) is 102 cm³/mol. The highest BCUT2D eigenvalue weighted by Gasteiger charge is 2.25. The van der Waals surface area contributed by atoms with Crippen molar-refractivity contribution in [1.29, 1.82) is 0 Å². The normalized spacial score (nSPS) is 16.8. The standard InChI is InChI=1S/C18H14ClFN2O3S/c1-24-14-9-11(19)7-10(16(14)25-2)8-15-17(23)22-18(26-15)21-13-5-3-12(20)4-6-13/h3-9H,1-2H3,(H,21,22,23)/b15-8+. The van der Waals surface area contributed by atoms with E-state index < -0.39 is 0 Å². The molecule has 0 spiro atoms. The van der Waals surface area contributed by atoms with Crippen molar-refractivity contribution in [3.63, 3.8) is 0 Å². The van der Waals surface area contributed by atoms with E-state index >= 15 is 0 Å². The van der Waals surface area contributed by atoms with E-state index in [0.29, 0.717) is 37.8 Å². The van der Waals surface area contributed by atoms with Gasteiger partial charge in [-0.1, -0.05) is 11.6 Å². The number of methoxy groups -OCH3 is 2. The lowest BCUT2D eigenvalue weighted by Gasteiger charge is -2.11. The van der Waals surface area contributed by atoms with Crippen LogP contribution in [0.25, 0.3) is 6.08 Å². The first-order chi connectivity index (χ1) is 12.5. The van der Waals surface area contributed by atoms with Gasteiger partial charge in [-0.3, -0.25) is 4.79 Å². The number of carbonyl (C=O) groups excluding carboxylic acids is 1. The lowest BCUT2D eigenvalue weighted by molar-refractivity contribution is -0.115. The van der Waals surface area contributed by atoms with Crippen molar-refractivity contribution in [1.82, 2.24) is 5.32 Å². The van der Waals surface area contributed by atoms with Crippen LogP contribution in [0.4, 0.5) is 10.1 Å². The second-order valence-corrected chi connectivity index (χ2v) is 6.66. The molecule has 1 saturated heterocycles. The number of amides is 1. The molecular weight excluding hydrogens is 379 g/mol. The van der Waals surface area contributed by atoms with Gasteiger partial charge < -0.3 is 14.8 Å². The Bertz CT molecular complexity index is 913. The molecule has 0 unspecified atom stereocenters. The van der Waals surface area contributed by atoms with Gasteiger partial charge in [0.25, 0.3) is 5.91 Å². The Kier molecular flexibility index (Phi) is 5.49. The van der Waals surface area contributed by atoms with Gasteiger partial charge >= 0.3 is 0 Å². The van der Waals surface area contributed by atoms with Gasteiger partial charge in [0.2, 0.25) is 0 Å². The van der Waals surface area contributed by atoms with Gasteiger partial charge in [-0.05, 0) is 48.2 Å². The first-order valence-corrected chi connectivity index (χ1v) is 8.66. The average molecular weight is 393 g/mol. The number of hydrogen-bond donors (Lipinski definition) is 1. The van der Waals surface area contributed by atoms with Crippen molar-refractivity contribution in [3.8, 4) is 11.5 Å². The van der Waals surface area contributed by atoms with Crippen LogP contribution in [0.1, 0.15) is 5.56 Å². The SMILES string of the molecule is COc1cc(Cl)cc(/C=C2/SC(=Nc3ccc(F)cc3)NC2=O)c1OC. The van der Waals surface area contributed by atoms with Crippen LogP contribution in [-0.4, -0.2) is 25.3 Å². The molecule has 0 aromatic heterocycles. The van der Waals surface area contributed by atoms with Gasteiger partial charge in [0.15, 0.2) is 16.7 Å². The molecular formula is C18H14ClFN2O3S. The van der Waals surface area contributed by atoms with Crippen LogP contribution in [0.5, 0.6) is 11.5 Å². The summed E-state index contributed by atoms with van der Waals surface area (Å²) < 4.78 is 23.6. The van der Waals surface area contributed by atoms with Gasteiger partial charge in [-0.2, -0.15) is 0 Å². The third kappa shape index (κ3) is 4.00. The first kappa shape index (κ1) is 18.3. The minimum Gasteiger partial charge on any atom is -0.493 e. The van der Waals surface area contributed by atoms with E-state index in [2.05, 4.69) is 10.3 Å². The van der Waals surface area contributed by atoms with Gasteiger partial charge in [0.1, 0.15) is 5.82 Å². The number of benzene rings is 2. The summed E-state index contributed by atoms with van der Waals surface area (Å²) in [7, 11) is 3.02. The number of amidine groups is 1. The van der Waals surface area contributed by atoms with Crippen LogP contribution >= 0.6 is 23.4 Å². The maximum atomic E-state index is 13.0. The number of nitrogens with one attached hydrogen (secondary N) is 1. The van der Waals surface area contributed by atoms with Crippen molar-refractivity contribution in [2.24, 2.45) is 4.99 Å². The van der Waals surface area contributed by atoms with E-state index in [-0.39, 0.29) is 11.7 Å². The van der Waals surface area contributed by atoms with E-state index in [9.17, 15) is 9.18 Å². The van der Waals surface area contributed by atoms with E-state index in [0.717, 1.165) is 0 Å². The Morgan fingerprint density at radius 1 is 1.19 bits per heavy atom. The number of aliphatic imine (C=N–C) groups is 1. The largest absolute Gasteiger partial charge is 0.493 e. The number of nitrogens with zero attached hydrogens (tertiary/aromatic N) is 1. The summed E-state index contributed by atoms with van der Waals surface area (Å²) in [5, 5.41) is 3.54. The number of ether oxygens (including phenoxy) is 2. The van der Waals surface area contributed by atoms with Gasteiger partial charge in [-0.25, -0.2) is 9.38 Å². The van der Waals surface area contributed by atoms with Crippen molar-refractivity contribution in [2.75, 3.05) is 14.2 Å². The summed E-state index contributed by atoms with van der Waals surface area (Å²) in [5.74, 6) is 0.300. The summed E-state index contributed by atoms with van der Waals surface area (Å²) >= 11 is 7.27. The molecule has 0 radical (unpaired) electrons. The van der Waals surface area contributed by atoms with Crippen LogP contribution < -0.4 is 14.8 Å². The third-order valence-electron chi connectivity index (χ3n) is 3.47. The molecule has 2 aromatic carbocycles. The Hall–Kier alpha value is -2.51. The lowest BCUT2D eigenvalue weighted by Crippen LogP contribution is -2.19. The highest BCUT2D eigenvalue weighted by atomic mass is 35.5. The second-order valence-electron chi connectivity index (χ2n) is 5.19. The lowest BCUT2D eigenvalue weighted by atomic mass is 10.1. The summed E-state index contributed by atoms with van der Waals surface area (Å²) in [4.78, 5) is 16.9. The van der Waals surface area contributed by atoms with Crippen LogP contribution in [-0.2, 0) is 4.79 Å². The van der Waals surface area contributed by atoms with Crippen molar-refractivity contribution in [2.45, 2.75) is 0 Å². The van der Waals surface area contributed by atoms with Crippen LogP contribution in [0.3, 0.4) is 0 Å². The number of halogens is 2. The van der Waals surface area contributed by atoms with E-state index in [1.807, 2.05) is 0 Å². The predicted octanol–water partition coefficient (Wildman–Crippen LogP) is 4.39. The quantitative estimate of drug-likeness (QED) is 0.784. The Labute approximate surface area is 158 Å². The zero-order valence-corrected chi connectivity index (χ0v) is 15.5. The zero-order chi connectivity index (χ0) is 18.7. The average Bonchev–Trinajstić information content (AvgIpc) is 2.95. The molecule has 0 atom stereocenters. The molecule has 8 heteroatoms. The summed E-state index contributed by atoms with van der Waals surface area (Å²) in [6, 6.07) is 8.98. The molecule has 1 aliphatic rings. The molecule has 0 bridgehead atoms. The second kappa shape index (κ2) is 7.80. The highest BCUT2D eigenvalue weighted by molar-refractivity contribution is 8.18.